The van der Waals surface area contributed by atoms with Crippen molar-refractivity contribution >= 4 is 27.5 Å². The number of benzene rings is 2. The number of carbonyl (C=O) groups is 2. The van der Waals surface area contributed by atoms with E-state index in [1.807, 2.05) is 39.8 Å². The first kappa shape index (κ1) is 31.0. The van der Waals surface area contributed by atoms with Gasteiger partial charge in [-0.15, -0.1) is 0 Å². The summed E-state index contributed by atoms with van der Waals surface area (Å²) in [5.41, 5.74) is 0.895. The first-order valence-corrected chi connectivity index (χ1v) is 14.5. The van der Waals surface area contributed by atoms with Crippen molar-refractivity contribution in [1.82, 2.24) is 10.2 Å². The third-order valence-corrected chi connectivity index (χ3v) is 6.96. The van der Waals surface area contributed by atoms with E-state index in [2.05, 4.69) is 5.32 Å². The lowest BCUT2D eigenvalue weighted by atomic mass is 10.1. The van der Waals surface area contributed by atoms with Crippen LogP contribution in [0, 0.1) is 0 Å². The topological polar surface area (TPSA) is 105 Å². The number of rotatable bonds is 13. The number of ether oxygens (including phenoxy) is 2. The molecule has 0 aliphatic rings. The lowest BCUT2D eigenvalue weighted by molar-refractivity contribution is -0.141. The van der Waals surface area contributed by atoms with Crippen LogP contribution in [0.3, 0.4) is 0 Å². The number of sulfonamides is 1. The Balaban J connectivity index is 2.18. The van der Waals surface area contributed by atoms with Crippen molar-refractivity contribution in [3.63, 3.8) is 0 Å². The van der Waals surface area contributed by atoms with E-state index >= 15 is 0 Å². The van der Waals surface area contributed by atoms with Gasteiger partial charge in [0.2, 0.25) is 21.8 Å². The summed E-state index contributed by atoms with van der Waals surface area (Å²) in [5.74, 6) is 0.848. The third-order valence-electron chi connectivity index (χ3n) is 5.77. The minimum Gasteiger partial charge on any atom is -0.497 e. The molecule has 0 saturated heterocycles. The number of hydrogen-bond acceptors (Lipinski definition) is 6. The maximum Gasteiger partial charge on any atom is 0.242 e. The van der Waals surface area contributed by atoms with Crippen LogP contribution >= 0.6 is 0 Å². The van der Waals surface area contributed by atoms with Crippen LogP contribution in [0.2, 0.25) is 0 Å². The number of amides is 2. The van der Waals surface area contributed by atoms with Gasteiger partial charge in [-0.2, -0.15) is 0 Å². The molecule has 2 amide bonds. The molecule has 9 nitrogen and oxygen atoms in total. The molecule has 10 heteroatoms. The molecule has 2 rings (SSSR count). The van der Waals surface area contributed by atoms with Gasteiger partial charge in [0.1, 0.15) is 17.5 Å². The van der Waals surface area contributed by atoms with Crippen molar-refractivity contribution in [2.45, 2.75) is 65.6 Å². The van der Waals surface area contributed by atoms with Gasteiger partial charge < -0.3 is 19.7 Å². The summed E-state index contributed by atoms with van der Waals surface area (Å²) in [6, 6.07) is 13.4. The van der Waals surface area contributed by atoms with Crippen LogP contribution in [0.1, 0.15) is 53.0 Å². The van der Waals surface area contributed by atoms with E-state index in [0.29, 0.717) is 23.8 Å². The van der Waals surface area contributed by atoms with Crippen LogP contribution < -0.4 is 19.1 Å². The Labute approximate surface area is 227 Å². The zero-order chi connectivity index (χ0) is 28.5. The predicted octanol–water partition coefficient (Wildman–Crippen LogP) is 3.97. The predicted molar refractivity (Wildman–Crippen MR) is 150 cm³/mol. The van der Waals surface area contributed by atoms with Crippen LogP contribution in [0.4, 0.5) is 5.69 Å². The van der Waals surface area contributed by atoms with E-state index in [0.717, 1.165) is 11.8 Å². The van der Waals surface area contributed by atoms with E-state index < -0.39 is 21.6 Å². The maximum atomic E-state index is 13.4. The van der Waals surface area contributed by atoms with Crippen LogP contribution in [0.5, 0.6) is 11.5 Å². The van der Waals surface area contributed by atoms with Crippen molar-refractivity contribution in [2.75, 3.05) is 30.8 Å². The number of nitrogens with one attached hydrogen (secondary N) is 1. The summed E-state index contributed by atoms with van der Waals surface area (Å²) >= 11 is 0. The minimum absolute atomic E-state index is 0.0757. The summed E-state index contributed by atoms with van der Waals surface area (Å²) in [6.45, 7) is 10.1. The summed E-state index contributed by atoms with van der Waals surface area (Å²) in [6.07, 6.45) is 1.50. The minimum atomic E-state index is -3.57. The van der Waals surface area contributed by atoms with Crippen LogP contribution in [0.15, 0.2) is 48.5 Å². The second kappa shape index (κ2) is 13.5. The molecule has 210 valence electrons. The van der Waals surface area contributed by atoms with Gasteiger partial charge in [0.25, 0.3) is 0 Å². The molecule has 2 aromatic rings. The van der Waals surface area contributed by atoms with Crippen molar-refractivity contribution in [2.24, 2.45) is 0 Å². The average molecular weight is 548 g/mol. The highest BCUT2D eigenvalue weighted by atomic mass is 32.2. The Bertz CT molecular complexity index is 1160. The highest BCUT2D eigenvalue weighted by molar-refractivity contribution is 7.92. The molecule has 0 aliphatic heterocycles. The molecule has 0 saturated carbocycles. The van der Waals surface area contributed by atoms with Gasteiger partial charge in [-0.05, 0) is 83.0 Å². The molecule has 2 aromatic carbocycles. The van der Waals surface area contributed by atoms with Crippen LogP contribution in [0.25, 0.3) is 0 Å². The molecular formula is C28H41N3O6S. The summed E-state index contributed by atoms with van der Waals surface area (Å²) < 4.78 is 37.0. The highest BCUT2D eigenvalue weighted by Crippen LogP contribution is 2.23. The largest absolute Gasteiger partial charge is 0.497 e. The van der Waals surface area contributed by atoms with Crippen molar-refractivity contribution in [3.8, 4) is 11.5 Å². The maximum absolute atomic E-state index is 13.4. The van der Waals surface area contributed by atoms with Gasteiger partial charge in [0.15, 0.2) is 0 Å². The van der Waals surface area contributed by atoms with Crippen molar-refractivity contribution < 1.29 is 27.5 Å². The van der Waals surface area contributed by atoms with Gasteiger partial charge in [0, 0.05) is 25.0 Å². The van der Waals surface area contributed by atoms with Gasteiger partial charge in [-0.25, -0.2) is 8.42 Å². The molecular weight excluding hydrogens is 506 g/mol. The highest BCUT2D eigenvalue weighted by Gasteiger charge is 2.28. The Kier molecular flexibility index (Phi) is 11.0. The number of anilines is 1. The molecule has 1 unspecified atom stereocenters. The lowest BCUT2D eigenvalue weighted by Crippen LogP contribution is -2.52. The fourth-order valence-corrected chi connectivity index (χ4v) is 4.83. The lowest BCUT2D eigenvalue weighted by Gasteiger charge is -2.32. The quantitative estimate of drug-likeness (QED) is 0.407. The number of carbonyl (C=O) groups excluding carboxylic acids is 2. The first-order chi connectivity index (χ1) is 17.7. The van der Waals surface area contributed by atoms with Gasteiger partial charge in [-0.1, -0.05) is 12.1 Å². The van der Waals surface area contributed by atoms with E-state index in [9.17, 15) is 18.0 Å². The number of methoxy groups -OCH3 is 1. The Morgan fingerprint density at radius 2 is 1.58 bits per heavy atom. The summed E-state index contributed by atoms with van der Waals surface area (Å²) in [5, 5.41) is 2.94. The summed E-state index contributed by atoms with van der Waals surface area (Å²) in [4.78, 5) is 27.9. The van der Waals surface area contributed by atoms with E-state index in [4.69, 9.17) is 9.47 Å². The van der Waals surface area contributed by atoms with E-state index in [1.54, 1.807) is 50.4 Å². The van der Waals surface area contributed by atoms with Gasteiger partial charge >= 0.3 is 0 Å². The smallest absolute Gasteiger partial charge is 0.242 e. The molecule has 0 bridgehead atoms. The molecule has 1 atom stereocenters. The molecule has 0 radical (unpaired) electrons. The second-order valence-electron chi connectivity index (χ2n) is 10.2. The number of nitrogens with zero attached hydrogens (tertiary/aromatic N) is 2. The van der Waals surface area contributed by atoms with Crippen LogP contribution in [-0.4, -0.2) is 63.2 Å². The molecule has 0 heterocycles. The third kappa shape index (κ3) is 9.55. The Hall–Kier alpha value is -3.27. The van der Waals surface area contributed by atoms with Gasteiger partial charge in [-0.3, -0.25) is 13.9 Å². The fourth-order valence-electron chi connectivity index (χ4n) is 3.86. The van der Waals surface area contributed by atoms with Gasteiger partial charge in [0.05, 0.1) is 25.7 Å². The molecule has 0 fully saturated rings. The molecule has 0 spiro atoms. The monoisotopic (exact) mass is 547 g/mol. The average Bonchev–Trinajstić information content (AvgIpc) is 2.84. The van der Waals surface area contributed by atoms with E-state index in [1.165, 1.54) is 9.21 Å². The summed E-state index contributed by atoms with van der Waals surface area (Å²) in [7, 11) is -1.99. The zero-order valence-corrected chi connectivity index (χ0v) is 24.3. The molecule has 0 aliphatic carbocycles. The Morgan fingerprint density at radius 3 is 2.08 bits per heavy atom. The van der Waals surface area contributed by atoms with Crippen molar-refractivity contribution in [3.05, 3.63) is 54.1 Å². The first-order valence-electron chi connectivity index (χ1n) is 12.7. The standard InChI is InChI=1S/C28H41N3O6S/c1-8-37-25-17-13-23(14-18-25)31(38(7,34)35)19-9-10-26(32)30(21(2)27(33)29-28(3,4)5)20-22-11-15-24(36-6)16-12-22/h11-18,21H,8-10,19-20H2,1-7H3,(H,29,33). The molecule has 1 N–H and O–H groups in total. The zero-order valence-electron chi connectivity index (χ0n) is 23.5. The molecule has 0 aromatic heterocycles. The fraction of sp³-hybridized carbons (Fsp3) is 0.500. The normalized spacial score (nSPS) is 12.4. The Morgan fingerprint density at radius 1 is 1.00 bits per heavy atom. The van der Waals surface area contributed by atoms with Crippen molar-refractivity contribution in [1.29, 1.82) is 0 Å². The second-order valence-corrected chi connectivity index (χ2v) is 12.1. The SMILES string of the molecule is CCOc1ccc(N(CCCC(=O)N(Cc2ccc(OC)cc2)C(C)C(=O)NC(C)(C)C)S(C)(=O)=O)cc1. The number of hydrogen-bond donors (Lipinski definition) is 1. The van der Waals surface area contributed by atoms with Crippen LogP contribution in [-0.2, 0) is 26.2 Å². The molecule has 38 heavy (non-hydrogen) atoms. The van der Waals surface area contributed by atoms with E-state index in [-0.39, 0.29) is 37.7 Å².